The summed E-state index contributed by atoms with van der Waals surface area (Å²) in [5, 5.41) is 5.27. The lowest BCUT2D eigenvalue weighted by molar-refractivity contribution is -0.135. The maximum atomic E-state index is 13.3. The Hall–Kier alpha value is -2.26. The highest BCUT2D eigenvalue weighted by Gasteiger charge is 2.51. The number of morpholine rings is 1. The zero-order valence-corrected chi connectivity index (χ0v) is 16.4. The summed E-state index contributed by atoms with van der Waals surface area (Å²) in [5.74, 6) is 1.22. The van der Waals surface area contributed by atoms with Gasteiger partial charge in [0.05, 0.1) is 30.2 Å². The molecule has 0 N–H and O–H groups in total. The Balaban J connectivity index is 1.27. The van der Waals surface area contributed by atoms with Gasteiger partial charge in [-0.25, -0.2) is 9.97 Å². The lowest BCUT2D eigenvalue weighted by Gasteiger charge is -2.29. The Bertz CT molecular complexity index is 878. The van der Waals surface area contributed by atoms with Gasteiger partial charge in [-0.15, -0.1) is 0 Å². The second-order valence-electron chi connectivity index (χ2n) is 8.15. The zero-order chi connectivity index (χ0) is 19.1. The third-order valence-corrected chi connectivity index (χ3v) is 6.55. The monoisotopic (exact) mass is 385 g/mol. The van der Waals surface area contributed by atoms with Gasteiger partial charge in [-0.2, -0.15) is 5.10 Å². The molecule has 2 aromatic rings. The summed E-state index contributed by atoms with van der Waals surface area (Å²) in [6.45, 7) is 7.75. The quantitative estimate of drug-likeness (QED) is 0.740. The first-order valence-electron chi connectivity index (χ1n) is 10.1. The van der Waals surface area contributed by atoms with Crippen molar-refractivity contribution < 1.29 is 9.53 Å². The van der Waals surface area contributed by atoms with Crippen LogP contribution >= 0.6 is 0 Å². The fourth-order valence-electron chi connectivity index (χ4n) is 4.83. The molecule has 0 bridgehead atoms. The average molecular weight is 385 g/mol. The molecule has 150 valence electrons. The second-order valence-corrected chi connectivity index (χ2v) is 8.15. The van der Waals surface area contributed by atoms with Crippen LogP contribution < -0.4 is 4.90 Å². The molecule has 0 radical (unpaired) electrons. The molecule has 3 aliphatic heterocycles. The van der Waals surface area contributed by atoms with Crippen molar-refractivity contribution in [1.29, 1.82) is 0 Å². The molecule has 1 unspecified atom stereocenters. The molecule has 1 amide bonds. The summed E-state index contributed by atoms with van der Waals surface area (Å²) < 4.78 is 7.17. The van der Waals surface area contributed by atoms with Crippen LogP contribution in [0.3, 0.4) is 0 Å². The molecule has 1 spiro atoms. The molecule has 0 aliphatic carbocycles. The van der Waals surface area contributed by atoms with E-state index in [1.54, 1.807) is 11.0 Å². The number of aryl methyl sites for hydroxylation is 1. The van der Waals surface area contributed by atoms with Gasteiger partial charge in [-0.05, 0) is 12.8 Å². The van der Waals surface area contributed by atoms with Crippen LogP contribution in [0, 0.1) is 5.41 Å². The van der Waals surface area contributed by atoms with E-state index < -0.39 is 0 Å². The number of carbonyl (C=O) groups excluding carboxylic acids is 1. The number of likely N-dealkylation sites (tertiary alicyclic amines) is 1. The average Bonchev–Trinajstić information content (AvgIpc) is 3.41. The summed E-state index contributed by atoms with van der Waals surface area (Å²) in [4.78, 5) is 28.8. The van der Waals surface area contributed by atoms with E-state index >= 15 is 0 Å². The maximum Gasteiger partial charge on any atom is 0.230 e. The molecule has 1 atom stereocenters. The number of rotatable bonds is 4. The van der Waals surface area contributed by atoms with Crippen molar-refractivity contribution in [2.75, 3.05) is 63.9 Å². The van der Waals surface area contributed by atoms with E-state index in [0.717, 1.165) is 88.7 Å². The van der Waals surface area contributed by atoms with Crippen molar-refractivity contribution in [2.24, 2.45) is 12.5 Å². The van der Waals surface area contributed by atoms with Gasteiger partial charge >= 0.3 is 0 Å². The Kier molecular flexibility index (Phi) is 4.43. The number of hydrogen-bond acceptors (Lipinski definition) is 7. The molecule has 3 saturated heterocycles. The molecule has 9 nitrogen and oxygen atoms in total. The van der Waals surface area contributed by atoms with Crippen LogP contribution in [0.25, 0.3) is 11.0 Å². The van der Waals surface area contributed by atoms with Crippen LogP contribution in [-0.4, -0.2) is 94.5 Å². The van der Waals surface area contributed by atoms with Crippen LogP contribution in [0.2, 0.25) is 0 Å². The van der Waals surface area contributed by atoms with Crippen LogP contribution in [-0.2, 0) is 16.6 Å². The molecule has 28 heavy (non-hydrogen) atoms. The first-order chi connectivity index (χ1) is 13.7. The molecular weight excluding hydrogens is 358 g/mol. The fraction of sp³-hybridized carbons (Fsp3) is 0.684. The largest absolute Gasteiger partial charge is 0.379 e. The molecule has 3 fully saturated rings. The Labute approximate surface area is 164 Å². The van der Waals surface area contributed by atoms with E-state index in [1.165, 1.54) is 0 Å². The van der Waals surface area contributed by atoms with Gasteiger partial charge in [0.1, 0.15) is 12.1 Å². The minimum Gasteiger partial charge on any atom is -0.379 e. The van der Waals surface area contributed by atoms with Crippen molar-refractivity contribution in [2.45, 2.75) is 12.8 Å². The minimum atomic E-state index is -0.259. The number of hydrogen-bond donors (Lipinski definition) is 0. The molecule has 5 rings (SSSR count). The zero-order valence-electron chi connectivity index (χ0n) is 16.4. The van der Waals surface area contributed by atoms with Crippen molar-refractivity contribution in [3.05, 3.63) is 12.5 Å². The normalized spacial score (nSPS) is 26.2. The van der Waals surface area contributed by atoms with E-state index in [4.69, 9.17) is 4.74 Å². The number of carbonyl (C=O) groups is 1. The Morgan fingerprint density at radius 3 is 2.79 bits per heavy atom. The number of aromatic nitrogens is 4. The van der Waals surface area contributed by atoms with E-state index in [2.05, 4.69) is 29.8 Å². The predicted octanol–water partition coefficient (Wildman–Crippen LogP) is 0.124. The van der Waals surface area contributed by atoms with Crippen molar-refractivity contribution >= 4 is 22.8 Å². The molecular formula is C19H27N7O2. The molecule has 3 aliphatic rings. The number of amides is 1. The number of nitrogens with zero attached hydrogens (tertiary/aromatic N) is 7. The van der Waals surface area contributed by atoms with E-state index in [9.17, 15) is 4.79 Å². The second kappa shape index (κ2) is 6.97. The molecule has 0 saturated carbocycles. The van der Waals surface area contributed by atoms with Crippen LogP contribution in [0.15, 0.2) is 12.5 Å². The van der Waals surface area contributed by atoms with Crippen molar-refractivity contribution in [3.63, 3.8) is 0 Å². The van der Waals surface area contributed by atoms with Gasteiger partial charge in [0.2, 0.25) is 5.91 Å². The van der Waals surface area contributed by atoms with E-state index in [-0.39, 0.29) is 5.41 Å². The number of ether oxygens (including phenoxy) is 1. The van der Waals surface area contributed by atoms with Crippen LogP contribution in [0.5, 0.6) is 0 Å². The van der Waals surface area contributed by atoms with Crippen molar-refractivity contribution in [3.8, 4) is 0 Å². The van der Waals surface area contributed by atoms with Crippen LogP contribution in [0.4, 0.5) is 5.82 Å². The predicted molar refractivity (Wildman–Crippen MR) is 104 cm³/mol. The standard InChI is InChI=1S/C19H27N7O2/c1-23-16-15(12-22-23)17(21-14-20-16)26-5-3-19(13-26)2-4-25(18(19)27)7-6-24-8-10-28-11-9-24/h12,14H,2-11,13H2,1H3. The van der Waals surface area contributed by atoms with Gasteiger partial charge in [-0.3, -0.25) is 14.4 Å². The third-order valence-electron chi connectivity index (χ3n) is 6.55. The van der Waals surface area contributed by atoms with Gasteiger partial charge in [-0.1, -0.05) is 0 Å². The molecule has 5 heterocycles. The minimum absolute atomic E-state index is 0.259. The Morgan fingerprint density at radius 2 is 1.93 bits per heavy atom. The summed E-state index contributed by atoms with van der Waals surface area (Å²) in [7, 11) is 1.89. The summed E-state index contributed by atoms with van der Waals surface area (Å²) in [6.07, 6.45) is 5.24. The smallest absolute Gasteiger partial charge is 0.230 e. The third kappa shape index (κ3) is 2.93. The SMILES string of the molecule is Cn1ncc2c(N3CCC4(CCN(CCN5CCOCC5)C4=O)C3)ncnc21. The number of anilines is 1. The fourth-order valence-corrected chi connectivity index (χ4v) is 4.83. The van der Waals surface area contributed by atoms with E-state index in [1.807, 2.05) is 13.2 Å². The maximum absolute atomic E-state index is 13.3. The topological polar surface area (TPSA) is 79.6 Å². The van der Waals surface area contributed by atoms with Gasteiger partial charge in [0.15, 0.2) is 5.65 Å². The van der Waals surface area contributed by atoms with Crippen molar-refractivity contribution in [1.82, 2.24) is 29.5 Å². The van der Waals surface area contributed by atoms with Gasteiger partial charge in [0.25, 0.3) is 0 Å². The van der Waals surface area contributed by atoms with E-state index in [0.29, 0.717) is 5.91 Å². The van der Waals surface area contributed by atoms with Gasteiger partial charge in [0, 0.05) is 52.9 Å². The lowest BCUT2D eigenvalue weighted by atomic mass is 9.85. The first kappa shape index (κ1) is 17.8. The lowest BCUT2D eigenvalue weighted by Crippen LogP contribution is -2.43. The highest BCUT2D eigenvalue weighted by Crippen LogP contribution is 2.42. The highest BCUT2D eigenvalue weighted by molar-refractivity contribution is 5.89. The Morgan fingerprint density at radius 1 is 1.11 bits per heavy atom. The molecule has 9 heteroatoms. The molecule has 2 aromatic heterocycles. The summed E-state index contributed by atoms with van der Waals surface area (Å²) in [6, 6.07) is 0. The highest BCUT2D eigenvalue weighted by atomic mass is 16.5. The summed E-state index contributed by atoms with van der Waals surface area (Å²) in [5.41, 5.74) is 0.570. The first-order valence-corrected chi connectivity index (χ1v) is 10.1. The molecule has 0 aromatic carbocycles. The van der Waals surface area contributed by atoms with Crippen LogP contribution in [0.1, 0.15) is 12.8 Å². The summed E-state index contributed by atoms with van der Waals surface area (Å²) >= 11 is 0. The number of fused-ring (bicyclic) bond motifs is 1. The van der Waals surface area contributed by atoms with Gasteiger partial charge < -0.3 is 14.5 Å².